The molecule has 2 rings (SSSR count). The van der Waals surface area contributed by atoms with Crippen LogP contribution in [0.15, 0.2) is 42.5 Å². The monoisotopic (exact) mass is 292 g/mol. The number of amides is 1. The molecule has 110 valence electrons. The number of hydrogen-bond acceptors (Lipinski definition) is 3. The SMILES string of the molecule is CC(Oc1cc(F)ccc1F)C(=O)Nc1ccccc1N. The number of para-hydroxylation sites is 2. The van der Waals surface area contributed by atoms with Gasteiger partial charge < -0.3 is 15.8 Å². The van der Waals surface area contributed by atoms with Gasteiger partial charge in [-0.25, -0.2) is 8.78 Å². The zero-order valence-corrected chi connectivity index (χ0v) is 11.3. The molecule has 0 bridgehead atoms. The van der Waals surface area contributed by atoms with Crippen molar-refractivity contribution in [1.82, 2.24) is 0 Å². The molecule has 1 atom stereocenters. The molecule has 0 saturated heterocycles. The Kier molecular flexibility index (Phi) is 4.37. The van der Waals surface area contributed by atoms with Gasteiger partial charge in [0.05, 0.1) is 11.4 Å². The predicted octanol–water partition coefficient (Wildman–Crippen LogP) is 2.95. The average molecular weight is 292 g/mol. The van der Waals surface area contributed by atoms with E-state index in [0.717, 1.165) is 18.2 Å². The van der Waals surface area contributed by atoms with E-state index in [4.69, 9.17) is 10.5 Å². The summed E-state index contributed by atoms with van der Waals surface area (Å²) < 4.78 is 31.6. The lowest BCUT2D eigenvalue weighted by molar-refractivity contribution is -0.122. The van der Waals surface area contributed by atoms with Crippen LogP contribution >= 0.6 is 0 Å². The number of hydrogen-bond donors (Lipinski definition) is 2. The highest BCUT2D eigenvalue weighted by molar-refractivity contribution is 5.96. The molecule has 0 saturated carbocycles. The number of carbonyl (C=O) groups is 1. The number of nitrogen functional groups attached to an aromatic ring is 1. The second kappa shape index (κ2) is 6.21. The van der Waals surface area contributed by atoms with E-state index in [0.29, 0.717) is 11.4 Å². The van der Waals surface area contributed by atoms with Crippen LogP contribution < -0.4 is 15.8 Å². The number of nitrogens with one attached hydrogen (secondary N) is 1. The molecule has 0 radical (unpaired) electrons. The predicted molar refractivity (Wildman–Crippen MR) is 75.9 cm³/mol. The molecule has 1 unspecified atom stereocenters. The quantitative estimate of drug-likeness (QED) is 0.852. The molecule has 2 aromatic carbocycles. The van der Waals surface area contributed by atoms with Crippen LogP contribution in [0.3, 0.4) is 0 Å². The maximum absolute atomic E-state index is 13.4. The number of benzene rings is 2. The molecule has 0 aliphatic carbocycles. The van der Waals surface area contributed by atoms with Gasteiger partial charge >= 0.3 is 0 Å². The molecule has 1 amide bonds. The third kappa shape index (κ3) is 3.68. The van der Waals surface area contributed by atoms with Crippen LogP contribution in [0.25, 0.3) is 0 Å². The van der Waals surface area contributed by atoms with E-state index in [9.17, 15) is 13.6 Å². The Morgan fingerprint density at radius 2 is 1.95 bits per heavy atom. The first kappa shape index (κ1) is 14.8. The van der Waals surface area contributed by atoms with Gasteiger partial charge in [0.25, 0.3) is 5.91 Å². The molecule has 0 heterocycles. The lowest BCUT2D eigenvalue weighted by Crippen LogP contribution is -2.30. The molecule has 0 fully saturated rings. The third-order valence-corrected chi connectivity index (χ3v) is 2.78. The smallest absolute Gasteiger partial charge is 0.265 e. The van der Waals surface area contributed by atoms with E-state index >= 15 is 0 Å². The van der Waals surface area contributed by atoms with Gasteiger partial charge in [-0.05, 0) is 31.2 Å². The Morgan fingerprint density at radius 3 is 2.67 bits per heavy atom. The minimum Gasteiger partial charge on any atom is -0.478 e. The topological polar surface area (TPSA) is 64.3 Å². The fourth-order valence-corrected chi connectivity index (χ4v) is 1.66. The summed E-state index contributed by atoms with van der Waals surface area (Å²) in [5.74, 6) is -2.23. The van der Waals surface area contributed by atoms with Crippen molar-refractivity contribution in [3.8, 4) is 5.75 Å². The largest absolute Gasteiger partial charge is 0.478 e. The molecule has 0 spiro atoms. The first-order chi connectivity index (χ1) is 9.97. The zero-order valence-electron chi connectivity index (χ0n) is 11.3. The molecule has 4 nitrogen and oxygen atoms in total. The van der Waals surface area contributed by atoms with Gasteiger partial charge in [-0.2, -0.15) is 0 Å². The number of nitrogens with two attached hydrogens (primary N) is 1. The number of anilines is 2. The highest BCUT2D eigenvalue weighted by atomic mass is 19.1. The number of ether oxygens (including phenoxy) is 1. The summed E-state index contributed by atoms with van der Waals surface area (Å²) in [5, 5.41) is 2.56. The molecule has 0 aromatic heterocycles. The molecule has 6 heteroatoms. The van der Waals surface area contributed by atoms with Gasteiger partial charge in [-0.1, -0.05) is 12.1 Å². The minimum absolute atomic E-state index is 0.321. The van der Waals surface area contributed by atoms with Gasteiger partial charge in [0.2, 0.25) is 0 Å². The van der Waals surface area contributed by atoms with Gasteiger partial charge in [-0.3, -0.25) is 4.79 Å². The minimum atomic E-state index is -1.01. The second-order valence-electron chi connectivity index (χ2n) is 4.41. The molecular formula is C15H14F2N2O2. The maximum Gasteiger partial charge on any atom is 0.265 e. The third-order valence-electron chi connectivity index (χ3n) is 2.78. The van der Waals surface area contributed by atoms with E-state index < -0.39 is 23.6 Å². The highest BCUT2D eigenvalue weighted by Crippen LogP contribution is 2.21. The van der Waals surface area contributed by atoms with E-state index in [1.807, 2.05) is 0 Å². The fourth-order valence-electron chi connectivity index (χ4n) is 1.66. The summed E-state index contributed by atoms with van der Waals surface area (Å²) in [7, 11) is 0. The standard InChI is InChI=1S/C15H14F2N2O2/c1-9(21-14-8-10(16)6-7-11(14)17)15(20)19-13-5-3-2-4-12(13)18/h2-9H,18H2,1H3,(H,19,20). The van der Waals surface area contributed by atoms with Crippen molar-refractivity contribution in [1.29, 1.82) is 0 Å². The van der Waals surface area contributed by atoms with Crippen LogP contribution in [0.1, 0.15) is 6.92 Å². The molecule has 2 aromatic rings. The Balaban J connectivity index is 2.06. The lowest BCUT2D eigenvalue weighted by Gasteiger charge is -2.16. The van der Waals surface area contributed by atoms with E-state index in [1.54, 1.807) is 24.3 Å². The van der Waals surface area contributed by atoms with Gasteiger partial charge in [0.15, 0.2) is 17.7 Å². The molecule has 0 aliphatic rings. The van der Waals surface area contributed by atoms with Gasteiger partial charge in [-0.15, -0.1) is 0 Å². The van der Waals surface area contributed by atoms with Crippen molar-refractivity contribution in [3.05, 3.63) is 54.1 Å². The van der Waals surface area contributed by atoms with Crippen molar-refractivity contribution in [2.24, 2.45) is 0 Å². The van der Waals surface area contributed by atoms with Crippen molar-refractivity contribution in [2.45, 2.75) is 13.0 Å². The first-order valence-electron chi connectivity index (χ1n) is 6.24. The van der Waals surface area contributed by atoms with E-state index in [2.05, 4.69) is 5.32 Å². The summed E-state index contributed by atoms with van der Waals surface area (Å²) in [6.45, 7) is 1.43. The summed E-state index contributed by atoms with van der Waals surface area (Å²) >= 11 is 0. The van der Waals surface area contributed by atoms with Crippen molar-refractivity contribution >= 4 is 17.3 Å². The van der Waals surface area contributed by atoms with Crippen molar-refractivity contribution in [3.63, 3.8) is 0 Å². The molecule has 3 N–H and O–H groups in total. The van der Waals surface area contributed by atoms with Crippen LogP contribution in [-0.4, -0.2) is 12.0 Å². The summed E-state index contributed by atoms with van der Waals surface area (Å²) in [6.07, 6.45) is -1.01. The number of halogens is 2. The van der Waals surface area contributed by atoms with Crippen molar-refractivity contribution in [2.75, 3.05) is 11.1 Å². The van der Waals surface area contributed by atoms with Crippen LogP contribution in [0, 0.1) is 11.6 Å². The van der Waals surface area contributed by atoms with Crippen LogP contribution in [-0.2, 0) is 4.79 Å². The maximum atomic E-state index is 13.4. The normalized spacial score (nSPS) is 11.8. The van der Waals surface area contributed by atoms with E-state index in [1.165, 1.54) is 6.92 Å². The zero-order chi connectivity index (χ0) is 15.4. The van der Waals surface area contributed by atoms with E-state index in [-0.39, 0.29) is 5.75 Å². The highest BCUT2D eigenvalue weighted by Gasteiger charge is 2.18. The van der Waals surface area contributed by atoms with Gasteiger partial charge in [0.1, 0.15) is 5.82 Å². The van der Waals surface area contributed by atoms with Crippen LogP contribution in [0.2, 0.25) is 0 Å². The summed E-state index contributed by atoms with van der Waals surface area (Å²) in [5.41, 5.74) is 6.53. The van der Waals surface area contributed by atoms with Crippen molar-refractivity contribution < 1.29 is 18.3 Å². The molecular weight excluding hydrogens is 278 g/mol. The fraction of sp³-hybridized carbons (Fsp3) is 0.133. The van der Waals surface area contributed by atoms with Crippen LogP contribution in [0.5, 0.6) is 5.75 Å². The first-order valence-corrected chi connectivity index (χ1v) is 6.24. The van der Waals surface area contributed by atoms with Gasteiger partial charge in [0, 0.05) is 6.07 Å². The Bertz CT molecular complexity index is 662. The molecule has 0 aliphatic heterocycles. The average Bonchev–Trinajstić information content (AvgIpc) is 2.45. The lowest BCUT2D eigenvalue weighted by atomic mass is 10.2. The van der Waals surface area contributed by atoms with Crippen LogP contribution in [0.4, 0.5) is 20.2 Å². The Labute approximate surface area is 120 Å². The molecule has 21 heavy (non-hydrogen) atoms. The number of rotatable bonds is 4. The number of carbonyl (C=O) groups excluding carboxylic acids is 1. The Hall–Kier alpha value is -2.63. The summed E-state index contributed by atoms with van der Waals surface area (Å²) in [6, 6.07) is 9.49. The second-order valence-corrected chi connectivity index (χ2v) is 4.41. The Morgan fingerprint density at radius 1 is 1.24 bits per heavy atom. The summed E-state index contributed by atoms with van der Waals surface area (Å²) in [4.78, 5) is 12.0.